The number of allylic oxidation sites excluding steroid dienone is 1. The summed E-state index contributed by atoms with van der Waals surface area (Å²) >= 11 is 1.54. The van der Waals surface area contributed by atoms with E-state index >= 15 is 0 Å². The molecule has 0 saturated carbocycles. The van der Waals surface area contributed by atoms with Gasteiger partial charge in [0.05, 0.1) is 19.1 Å². The summed E-state index contributed by atoms with van der Waals surface area (Å²) in [4.78, 5) is 10.9. The van der Waals surface area contributed by atoms with Gasteiger partial charge in [-0.2, -0.15) is 0 Å². The van der Waals surface area contributed by atoms with Crippen LogP contribution in [0.15, 0.2) is 69.6 Å². The molecule has 2 heterocycles. The van der Waals surface area contributed by atoms with Crippen LogP contribution in [0.25, 0.3) is 0 Å². The highest BCUT2D eigenvalue weighted by Crippen LogP contribution is 2.48. The van der Waals surface area contributed by atoms with Crippen molar-refractivity contribution in [2.24, 2.45) is 9.98 Å². The van der Waals surface area contributed by atoms with Gasteiger partial charge in [-0.25, -0.2) is 9.98 Å². The van der Waals surface area contributed by atoms with E-state index in [1.54, 1.807) is 13.4 Å². The van der Waals surface area contributed by atoms with Crippen molar-refractivity contribution < 1.29 is 4.74 Å². The molecule has 1 atom stereocenters. The molecule has 32 heavy (non-hydrogen) atoms. The first-order valence-corrected chi connectivity index (χ1v) is 11.6. The maximum atomic E-state index is 8.53. The number of rotatable bonds is 9. The van der Waals surface area contributed by atoms with Crippen LogP contribution < -0.4 is 20.7 Å². The van der Waals surface area contributed by atoms with Crippen molar-refractivity contribution >= 4 is 34.7 Å². The number of hydrogen-bond acceptors (Lipinski definition) is 8. The first-order chi connectivity index (χ1) is 15.6. The number of thioether (sulfide) groups is 1. The largest absolute Gasteiger partial charge is 0.497 e. The van der Waals surface area contributed by atoms with E-state index in [4.69, 9.17) is 15.1 Å². The quantitative estimate of drug-likeness (QED) is 0.340. The Morgan fingerprint density at radius 2 is 2.00 bits per heavy atom. The average molecular weight is 452 g/mol. The fourth-order valence-electron chi connectivity index (χ4n) is 3.74. The minimum absolute atomic E-state index is 0.347. The van der Waals surface area contributed by atoms with Gasteiger partial charge in [-0.1, -0.05) is 25.6 Å². The van der Waals surface area contributed by atoms with Crippen LogP contribution in [-0.2, 0) is 0 Å². The molecule has 1 aliphatic carbocycles. The summed E-state index contributed by atoms with van der Waals surface area (Å²) in [5.41, 5.74) is 3.71. The molecule has 4 rings (SSSR count). The van der Waals surface area contributed by atoms with Crippen molar-refractivity contribution in [2.75, 3.05) is 38.6 Å². The molecule has 1 spiro atoms. The fourth-order valence-corrected chi connectivity index (χ4v) is 4.90. The predicted molar refractivity (Wildman–Crippen MR) is 134 cm³/mol. The normalized spacial score (nSPS) is 20.9. The molecule has 9 heteroatoms. The van der Waals surface area contributed by atoms with Gasteiger partial charge in [0.15, 0.2) is 10.7 Å². The number of nitrogens with one attached hydrogen (secondary N) is 4. The highest BCUT2D eigenvalue weighted by Gasteiger charge is 2.47. The molecule has 1 aromatic rings. The number of hydrogen-bond donors (Lipinski definition) is 4. The molecule has 0 radical (unpaired) electrons. The minimum atomic E-state index is -0.547. The summed E-state index contributed by atoms with van der Waals surface area (Å²) in [5.74, 6) is 1.16. The van der Waals surface area contributed by atoms with E-state index in [0.29, 0.717) is 17.4 Å². The zero-order valence-corrected chi connectivity index (χ0v) is 19.4. The molecule has 4 N–H and O–H groups in total. The number of likely N-dealkylation sites (N-methyl/N-ethyl adjacent to an activating group) is 1. The van der Waals surface area contributed by atoms with E-state index < -0.39 is 4.87 Å². The van der Waals surface area contributed by atoms with Gasteiger partial charge in [0.1, 0.15) is 10.8 Å². The van der Waals surface area contributed by atoms with Crippen molar-refractivity contribution in [2.45, 2.75) is 18.7 Å². The first kappa shape index (κ1) is 22.2. The molecule has 0 bridgehead atoms. The standard InChI is InChI=1S/C23H29N7OS/c1-4-30(5-2)11-10-26-21(24)22-29-20-13-18(28-17-6-8-19(31-3)9-7-17)12-16-14-25-15-27-23(16,20)32-22/h6-9,12-15,28H,4-5,10-11H2,1-3H3,(H2,24,26)(H,25,27). The maximum Gasteiger partial charge on any atom is 0.161 e. The van der Waals surface area contributed by atoms with Crippen molar-refractivity contribution in [3.8, 4) is 5.75 Å². The summed E-state index contributed by atoms with van der Waals surface area (Å²) in [6.45, 7) is 7.92. The zero-order valence-electron chi connectivity index (χ0n) is 18.6. The van der Waals surface area contributed by atoms with Gasteiger partial charge in [0, 0.05) is 36.2 Å². The van der Waals surface area contributed by atoms with Crippen LogP contribution in [0.2, 0.25) is 0 Å². The van der Waals surface area contributed by atoms with Gasteiger partial charge < -0.3 is 25.6 Å². The zero-order chi connectivity index (χ0) is 22.6. The maximum absolute atomic E-state index is 8.53. The second-order valence-corrected chi connectivity index (χ2v) is 8.72. The minimum Gasteiger partial charge on any atom is -0.497 e. The van der Waals surface area contributed by atoms with E-state index in [0.717, 1.165) is 48.0 Å². The molecule has 168 valence electrons. The van der Waals surface area contributed by atoms with Crippen LogP contribution in [0.1, 0.15) is 13.8 Å². The number of nitrogens with zero attached hydrogens (tertiary/aromatic N) is 3. The summed E-state index contributed by atoms with van der Waals surface area (Å²) in [7, 11) is 1.66. The third-order valence-corrected chi connectivity index (χ3v) is 6.97. The number of benzene rings is 1. The van der Waals surface area contributed by atoms with E-state index in [-0.39, 0.29) is 0 Å². The summed E-state index contributed by atoms with van der Waals surface area (Å²) in [6, 6.07) is 7.78. The fraction of sp³-hybridized carbons (Fsp3) is 0.348. The van der Waals surface area contributed by atoms with Gasteiger partial charge in [0.25, 0.3) is 0 Å². The molecule has 1 aromatic carbocycles. The van der Waals surface area contributed by atoms with Gasteiger partial charge >= 0.3 is 0 Å². The van der Waals surface area contributed by atoms with E-state index in [9.17, 15) is 0 Å². The van der Waals surface area contributed by atoms with Crippen molar-refractivity contribution in [3.05, 3.63) is 59.6 Å². The lowest BCUT2D eigenvalue weighted by atomic mass is 9.96. The molecule has 2 aliphatic heterocycles. The summed E-state index contributed by atoms with van der Waals surface area (Å²) < 4.78 is 5.24. The molecule has 8 nitrogen and oxygen atoms in total. The second kappa shape index (κ2) is 9.62. The van der Waals surface area contributed by atoms with Gasteiger partial charge in [0.2, 0.25) is 0 Å². The molecular formula is C23H29N7OS. The van der Waals surface area contributed by atoms with Crippen LogP contribution in [-0.4, -0.2) is 60.3 Å². The monoisotopic (exact) mass is 451 g/mol. The number of anilines is 1. The Bertz CT molecular complexity index is 1020. The molecule has 0 amide bonds. The topological polar surface area (TPSA) is 97.1 Å². The molecule has 0 fully saturated rings. The second-order valence-electron chi connectivity index (χ2n) is 7.52. The number of amidine groups is 1. The van der Waals surface area contributed by atoms with Gasteiger partial charge in [-0.15, -0.1) is 0 Å². The smallest absolute Gasteiger partial charge is 0.161 e. The first-order valence-electron chi connectivity index (χ1n) is 10.8. The lowest BCUT2D eigenvalue weighted by molar-refractivity contribution is 0.308. The third-order valence-electron chi connectivity index (χ3n) is 5.61. The Labute approximate surface area is 193 Å². The van der Waals surface area contributed by atoms with Crippen molar-refractivity contribution in [1.82, 2.24) is 15.5 Å². The van der Waals surface area contributed by atoms with Crippen LogP contribution in [0, 0.1) is 5.41 Å². The van der Waals surface area contributed by atoms with Crippen molar-refractivity contribution in [3.63, 3.8) is 0 Å². The lowest BCUT2D eigenvalue weighted by Crippen LogP contribution is -2.46. The molecule has 3 aliphatic rings. The van der Waals surface area contributed by atoms with E-state index in [1.807, 2.05) is 36.5 Å². The summed E-state index contributed by atoms with van der Waals surface area (Å²) in [5, 5.41) is 19.2. The highest BCUT2D eigenvalue weighted by atomic mass is 32.2. The van der Waals surface area contributed by atoms with E-state index in [1.165, 1.54) is 11.8 Å². The summed E-state index contributed by atoms with van der Waals surface area (Å²) in [6.07, 6.45) is 7.63. The lowest BCUT2D eigenvalue weighted by Gasteiger charge is -2.35. The van der Waals surface area contributed by atoms with Gasteiger partial charge in [-0.3, -0.25) is 5.41 Å². The number of aliphatic imine (C=N–C) groups is 2. The Balaban J connectivity index is 1.51. The van der Waals surface area contributed by atoms with E-state index in [2.05, 4.69) is 45.8 Å². The number of ether oxygens (including phenoxy) is 1. The average Bonchev–Trinajstić information content (AvgIpc) is 3.19. The Morgan fingerprint density at radius 1 is 1.22 bits per heavy atom. The highest BCUT2D eigenvalue weighted by molar-refractivity contribution is 8.17. The van der Waals surface area contributed by atoms with Crippen LogP contribution in [0.5, 0.6) is 5.75 Å². The predicted octanol–water partition coefficient (Wildman–Crippen LogP) is 3.15. The molecule has 0 saturated heterocycles. The van der Waals surface area contributed by atoms with Crippen molar-refractivity contribution in [1.29, 1.82) is 5.41 Å². The third kappa shape index (κ3) is 4.44. The SMILES string of the molecule is CCN(CC)CCNC(=N)C1=NC2=CC(Nc3ccc(OC)cc3)=CC3=CN=CNC32S1. The van der Waals surface area contributed by atoms with Crippen LogP contribution >= 0.6 is 11.8 Å². The van der Waals surface area contributed by atoms with Crippen LogP contribution in [0.4, 0.5) is 5.69 Å². The van der Waals surface area contributed by atoms with Crippen LogP contribution in [0.3, 0.4) is 0 Å². The Morgan fingerprint density at radius 3 is 2.72 bits per heavy atom. The molecule has 0 aromatic heterocycles. The number of methoxy groups -OCH3 is 1. The molecule has 1 unspecified atom stereocenters. The Hall–Kier alpha value is -3.04. The Kier molecular flexibility index (Phi) is 6.66. The molecular weight excluding hydrogens is 422 g/mol. The van der Waals surface area contributed by atoms with Gasteiger partial charge in [-0.05, 0) is 49.5 Å².